The zero-order valence-electron chi connectivity index (χ0n) is 10.9. The zero-order valence-corrected chi connectivity index (χ0v) is 20.3. The molecule has 4 heteroatoms. The average molecular weight is 713 g/mol. The van der Waals surface area contributed by atoms with Gasteiger partial charge in [0.15, 0.2) is 0 Å². The van der Waals surface area contributed by atoms with Gasteiger partial charge in [-0.1, -0.05) is 0 Å². The molecule has 2 aliphatic rings. The third-order valence-corrected chi connectivity index (χ3v) is 27.9. The van der Waals surface area contributed by atoms with Gasteiger partial charge in [0.05, 0.1) is 0 Å². The Kier molecular flexibility index (Phi) is 3.38. The van der Waals surface area contributed by atoms with Gasteiger partial charge < -0.3 is 0 Å². The van der Waals surface area contributed by atoms with Gasteiger partial charge in [0, 0.05) is 0 Å². The minimum atomic E-state index is 0.125. The molecule has 0 saturated carbocycles. The molecule has 0 bridgehead atoms. The van der Waals surface area contributed by atoms with Crippen LogP contribution in [0.25, 0.3) is 21.5 Å². The molecular formula is C16H10Te4. The second-order valence-electron chi connectivity index (χ2n) is 5.20. The van der Waals surface area contributed by atoms with Crippen LogP contribution >= 0.6 is 0 Å². The Balaban J connectivity index is 2.18. The van der Waals surface area contributed by atoms with Gasteiger partial charge in [-0.3, -0.25) is 0 Å². The molecule has 0 amide bonds. The van der Waals surface area contributed by atoms with Crippen LogP contribution in [-0.2, 0) is 0 Å². The number of benzene rings is 3. The molecule has 0 nitrogen and oxygen atoms in total. The summed E-state index contributed by atoms with van der Waals surface area (Å²) in [5.41, 5.74) is 3.42. The molecule has 3 aromatic rings. The minimum absolute atomic E-state index is 0.125. The fraction of sp³-hybridized carbons (Fsp3) is 0.125. The van der Waals surface area contributed by atoms with Crippen LogP contribution in [0.2, 0.25) is 0 Å². The van der Waals surface area contributed by atoms with E-state index in [1.165, 1.54) is 0 Å². The van der Waals surface area contributed by atoms with Crippen LogP contribution in [0.15, 0.2) is 24.3 Å². The summed E-state index contributed by atoms with van der Waals surface area (Å²) in [6.45, 7) is 4.85. The van der Waals surface area contributed by atoms with Crippen molar-refractivity contribution in [3.63, 3.8) is 0 Å². The summed E-state index contributed by atoms with van der Waals surface area (Å²) < 4.78 is 7.46. The number of hydrogen-bond donors (Lipinski definition) is 0. The number of fused-ring (bicyclic) bond motifs is 3. The summed E-state index contributed by atoms with van der Waals surface area (Å²) in [6.07, 6.45) is 0. The Bertz CT molecular complexity index is 851. The molecular weight excluding hydrogens is 703 g/mol. The van der Waals surface area contributed by atoms with E-state index in [1.54, 1.807) is 21.9 Å². The van der Waals surface area contributed by atoms with Crippen molar-refractivity contribution in [2.75, 3.05) is 0 Å². The summed E-state index contributed by atoms with van der Waals surface area (Å²) >= 11 is 0.542. The molecule has 2 heterocycles. The third kappa shape index (κ3) is 1.67. The van der Waals surface area contributed by atoms with Gasteiger partial charge in [0.25, 0.3) is 0 Å². The molecule has 0 spiro atoms. The predicted octanol–water partition coefficient (Wildman–Crippen LogP) is -0.215. The van der Waals surface area contributed by atoms with E-state index in [-0.39, 0.29) is 68.2 Å². The zero-order chi connectivity index (χ0) is 13.4. The van der Waals surface area contributed by atoms with Crippen LogP contribution in [-0.4, -0.2) is 68.2 Å². The van der Waals surface area contributed by atoms with Crippen molar-refractivity contribution in [2.24, 2.45) is 0 Å². The normalized spacial score (nSPS) is 15.7. The summed E-state index contributed by atoms with van der Waals surface area (Å²) in [5, 5.41) is 6.95. The first-order chi connectivity index (χ1) is 9.77. The Labute approximate surface area is 151 Å². The molecule has 0 atom stereocenters. The molecule has 0 unspecified atom stereocenters. The van der Waals surface area contributed by atoms with Gasteiger partial charge in [0.1, 0.15) is 0 Å². The Morgan fingerprint density at radius 1 is 0.600 bits per heavy atom. The fourth-order valence-electron chi connectivity index (χ4n) is 3.07. The summed E-state index contributed by atoms with van der Waals surface area (Å²) in [4.78, 5) is 0. The first-order valence-electron chi connectivity index (χ1n) is 6.48. The van der Waals surface area contributed by atoms with Gasteiger partial charge in [-0.2, -0.15) is 0 Å². The van der Waals surface area contributed by atoms with E-state index in [1.807, 2.05) is 25.2 Å². The molecule has 0 radical (unpaired) electrons. The van der Waals surface area contributed by atoms with E-state index in [9.17, 15) is 0 Å². The molecule has 0 fully saturated rings. The standard InChI is InChI=1S/C16H10Te4/c1-7-8(2)14-12-11-13(7)17-19-15(11)9-5-3-4-6-10(9)16(12)20-18-14/h3-6H,1-2H3. The Morgan fingerprint density at radius 3 is 1.45 bits per heavy atom. The monoisotopic (exact) mass is 722 g/mol. The van der Waals surface area contributed by atoms with Crippen molar-refractivity contribution >= 4 is 104 Å². The maximum atomic E-state index is 2.42. The van der Waals surface area contributed by atoms with Crippen molar-refractivity contribution in [1.29, 1.82) is 0 Å². The summed E-state index contributed by atoms with van der Waals surface area (Å²) in [5.74, 6) is 0. The van der Waals surface area contributed by atoms with Crippen LogP contribution < -0.4 is 14.4 Å². The van der Waals surface area contributed by atoms with Crippen LogP contribution in [0.5, 0.6) is 0 Å². The van der Waals surface area contributed by atoms with E-state index < -0.39 is 0 Å². The summed E-state index contributed by atoms with van der Waals surface area (Å²) in [7, 11) is 0. The van der Waals surface area contributed by atoms with E-state index in [2.05, 4.69) is 38.1 Å². The molecule has 0 N–H and O–H groups in total. The Morgan fingerprint density at radius 2 is 1.00 bits per heavy atom. The average Bonchev–Trinajstić information content (AvgIpc) is 3.09. The Hall–Kier alpha value is 1.34. The van der Waals surface area contributed by atoms with Crippen LogP contribution in [0.4, 0.5) is 0 Å². The quantitative estimate of drug-likeness (QED) is 0.224. The van der Waals surface area contributed by atoms with Crippen molar-refractivity contribution in [3.05, 3.63) is 35.4 Å². The van der Waals surface area contributed by atoms with E-state index in [4.69, 9.17) is 0 Å². The SMILES string of the molecule is Cc1c(C)c2c3c(c4ccccc4c4c3c1[Te][Te]4)[Te][Te]2. The molecule has 98 valence electrons. The van der Waals surface area contributed by atoms with Crippen molar-refractivity contribution in [2.45, 2.75) is 13.8 Å². The molecule has 20 heavy (non-hydrogen) atoms. The van der Waals surface area contributed by atoms with Gasteiger partial charge in [-0.25, -0.2) is 0 Å². The van der Waals surface area contributed by atoms with Crippen LogP contribution in [0.3, 0.4) is 0 Å². The van der Waals surface area contributed by atoms with E-state index in [0.717, 1.165) is 0 Å². The number of hydrogen-bond acceptors (Lipinski definition) is 0. The van der Waals surface area contributed by atoms with Gasteiger partial charge >= 0.3 is 153 Å². The molecule has 0 aromatic heterocycles. The third-order valence-electron chi connectivity index (χ3n) is 4.23. The molecule has 0 saturated heterocycles. The van der Waals surface area contributed by atoms with Crippen molar-refractivity contribution in [3.8, 4) is 0 Å². The molecule has 5 rings (SSSR count). The van der Waals surface area contributed by atoms with Gasteiger partial charge in [-0.15, -0.1) is 0 Å². The first-order valence-corrected chi connectivity index (χ1v) is 25.8. The second kappa shape index (κ2) is 4.92. The predicted molar refractivity (Wildman–Crippen MR) is 92.5 cm³/mol. The van der Waals surface area contributed by atoms with Crippen molar-refractivity contribution in [1.82, 2.24) is 0 Å². The van der Waals surface area contributed by atoms with Gasteiger partial charge in [-0.05, 0) is 0 Å². The topological polar surface area (TPSA) is 0 Å². The van der Waals surface area contributed by atoms with Crippen molar-refractivity contribution < 1.29 is 0 Å². The fourth-order valence-corrected chi connectivity index (χ4v) is 32.7. The second-order valence-corrected chi connectivity index (χ2v) is 24.5. The van der Waals surface area contributed by atoms with Gasteiger partial charge in [0.2, 0.25) is 0 Å². The maximum absolute atomic E-state index is 2.42. The molecule has 0 aliphatic carbocycles. The van der Waals surface area contributed by atoms with Crippen LogP contribution in [0, 0.1) is 13.8 Å². The molecule has 2 aliphatic heterocycles. The summed E-state index contributed by atoms with van der Waals surface area (Å²) in [6, 6.07) is 9.37. The van der Waals surface area contributed by atoms with E-state index in [0.29, 0.717) is 0 Å². The van der Waals surface area contributed by atoms with Crippen LogP contribution in [0.1, 0.15) is 11.1 Å². The number of rotatable bonds is 0. The molecule has 3 aromatic carbocycles. The van der Waals surface area contributed by atoms with E-state index >= 15 is 0 Å². The first kappa shape index (κ1) is 13.7.